The minimum atomic E-state index is -1.02. The zero-order valence-electron chi connectivity index (χ0n) is 15.0. The molecule has 0 aromatic heterocycles. The predicted octanol–water partition coefficient (Wildman–Crippen LogP) is 2.67. The molecule has 6 nitrogen and oxygen atoms in total. The van der Waals surface area contributed by atoms with Gasteiger partial charge in [0.1, 0.15) is 5.54 Å². The zero-order chi connectivity index (χ0) is 18.9. The standard InChI is InChI=1S/C19H24ClN3O3/c1-12(11-19(2)17(25)21-18(26)22-19)16(24)23-8-6-13(7-9-23)14-4-3-5-15(20)10-14/h3-5,10,12-13H,6-9,11H2,1-2H3,(H2,21,22,25,26)/t12?,19-/m1/s1. The normalized spacial score (nSPS) is 25.0. The molecule has 2 N–H and O–H groups in total. The van der Waals surface area contributed by atoms with E-state index in [0.29, 0.717) is 19.0 Å². The summed E-state index contributed by atoms with van der Waals surface area (Å²) in [6.45, 7) is 4.85. The number of hydrogen-bond acceptors (Lipinski definition) is 3. The van der Waals surface area contributed by atoms with Gasteiger partial charge in [0.2, 0.25) is 5.91 Å². The first-order chi connectivity index (χ1) is 12.3. The highest BCUT2D eigenvalue weighted by Crippen LogP contribution is 2.31. The van der Waals surface area contributed by atoms with Crippen molar-refractivity contribution in [3.05, 3.63) is 34.9 Å². The molecule has 140 valence electrons. The van der Waals surface area contributed by atoms with Crippen molar-refractivity contribution < 1.29 is 14.4 Å². The lowest BCUT2D eigenvalue weighted by molar-refractivity contribution is -0.137. The molecule has 0 radical (unpaired) electrons. The van der Waals surface area contributed by atoms with Gasteiger partial charge in [-0.3, -0.25) is 14.9 Å². The second-order valence-electron chi connectivity index (χ2n) is 7.50. The molecular formula is C19H24ClN3O3. The fourth-order valence-corrected chi connectivity index (χ4v) is 4.13. The number of nitrogens with zero attached hydrogens (tertiary/aromatic N) is 1. The molecule has 0 saturated carbocycles. The number of benzene rings is 1. The van der Waals surface area contributed by atoms with Crippen LogP contribution in [-0.4, -0.2) is 41.4 Å². The van der Waals surface area contributed by atoms with Gasteiger partial charge in [0.05, 0.1) is 0 Å². The maximum Gasteiger partial charge on any atom is 0.322 e. The Kier molecular flexibility index (Phi) is 5.23. The van der Waals surface area contributed by atoms with Crippen LogP contribution in [0.4, 0.5) is 4.79 Å². The van der Waals surface area contributed by atoms with Gasteiger partial charge in [0.15, 0.2) is 0 Å². The average Bonchev–Trinajstić information content (AvgIpc) is 2.86. The van der Waals surface area contributed by atoms with E-state index in [1.807, 2.05) is 30.0 Å². The summed E-state index contributed by atoms with van der Waals surface area (Å²) in [7, 11) is 0. The summed E-state index contributed by atoms with van der Waals surface area (Å²) < 4.78 is 0. The van der Waals surface area contributed by atoms with Gasteiger partial charge in [-0.25, -0.2) is 4.79 Å². The molecule has 26 heavy (non-hydrogen) atoms. The predicted molar refractivity (Wildman–Crippen MR) is 98.9 cm³/mol. The third-order valence-corrected chi connectivity index (χ3v) is 5.62. The molecule has 2 fully saturated rings. The number of carbonyl (C=O) groups is 3. The highest BCUT2D eigenvalue weighted by atomic mass is 35.5. The third-order valence-electron chi connectivity index (χ3n) is 5.38. The number of nitrogens with one attached hydrogen (secondary N) is 2. The lowest BCUT2D eigenvalue weighted by atomic mass is 9.87. The molecule has 3 rings (SSSR count). The van der Waals surface area contributed by atoms with Gasteiger partial charge in [0.25, 0.3) is 5.91 Å². The van der Waals surface area contributed by atoms with Crippen molar-refractivity contribution in [3.8, 4) is 0 Å². The van der Waals surface area contributed by atoms with Crippen LogP contribution in [0.1, 0.15) is 44.6 Å². The van der Waals surface area contributed by atoms with Crippen molar-refractivity contribution in [1.29, 1.82) is 0 Å². The van der Waals surface area contributed by atoms with Crippen molar-refractivity contribution in [2.75, 3.05) is 13.1 Å². The zero-order valence-corrected chi connectivity index (χ0v) is 15.8. The van der Waals surface area contributed by atoms with E-state index in [4.69, 9.17) is 11.6 Å². The molecule has 0 bridgehead atoms. The van der Waals surface area contributed by atoms with Crippen LogP contribution in [0.25, 0.3) is 0 Å². The van der Waals surface area contributed by atoms with E-state index in [1.54, 1.807) is 6.92 Å². The number of likely N-dealkylation sites (tertiary alicyclic amines) is 1. The molecule has 2 atom stereocenters. The van der Waals surface area contributed by atoms with E-state index < -0.39 is 11.6 Å². The van der Waals surface area contributed by atoms with Crippen molar-refractivity contribution in [2.45, 2.75) is 44.6 Å². The summed E-state index contributed by atoms with van der Waals surface area (Å²) in [5, 5.41) is 5.59. The number of imide groups is 1. The largest absolute Gasteiger partial charge is 0.342 e. The number of halogens is 1. The highest BCUT2D eigenvalue weighted by molar-refractivity contribution is 6.30. The molecule has 1 aromatic rings. The van der Waals surface area contributed by atoms with E-state index in [0.717, 1.165) is 17.9 Å². The number of hydrogen-bond donors (Lipinski definition) is 2. The van der Waals surface area contributed by atoms with Gasteiger partial charge in [-0.2, -0.15) is 0 Å². The molecule has 0 spiro atoms. The van der Waals surface area contributed by atoms with Gasteiger partial charge in [-0.05, 0) is 49.8 Å². The quantitative estimate of drug-likeness (QED) is 0.792. The fourth-order valence-electron chi connectivity index (χ4n) is 3.93. The number of carbonyl (C=O) groups excluding carboxylic acids is 3. The molecule has 1 aromatic carbocycles. The third kappa shape index (κ3) is 3.85. The van der Waals surface area contributed by atoms with Crippen LogP contribution < -0.4 is 10.6 Å². The van der Waals surface area contributed by atoms with Crippen LogP contribution in [0.15, 0.2) is 24.3 Å². The fraction of sp³-hybridized carbons (Fsp3) is 0.526. The SMILES string of the molecule is CC(C[C@@]1(C)NC(=O)NC1=O)C(=O)N1CCC(c2cccc(Cl)c2)CC1. The monoisotopic (exact) mass is 377 g/mol. The average molecular weight is 378 g/mol. The molecule has 1 unspecified atom stereocenters. The van der Waals surface area contributed by atoms with Gasteiger partial charge in [-0.15, -0.1) is 0 Å². The van der Waals surface area contributed by atoms with E-state index in [9.17, 15) is 14.4 Å². The first-order valence-corrected chi connectivity index (χ1v) is 9.34. The lowest BCUT2D eigenvalue weighted by Gasteiger charge is -2.35. The minimum absolute atomic E-state index is 0.0321. The summed E-state index contributed by atoms with van der Waals surface area (Å²) in [6, 6.07) is 7.40. The molecule has 2 heterocycles. The van der Waals surface area contributed by atoms with Crippen LogP contribution in [0.2, 0.25) is 5.02 Å². The maximum atomic E-state index is 12.8. The summed E-state index contributed by atoms with van der Waals surface area (Å²) >= 11 is 6.07. The van der Waals surface area contributed by atoms with Crippen molar-refractivity contribution in [1.82, 2.24) is 15.5 Å². The van der Waals surface area contributed by atoms with Crippen LogP contribution in [-0.2, 0) is 9.59 Å². The lowest BCUT2D eigenvalue weighted by Crippen LogP contribution is -2.48. The summed E-state index contributed by atoms with van der Waals surface area (Å²) in [5.74, 6) is -0.274. The van der Waals surface area contributed by atoms with Crippen molar-refractivity contribution in [2.24, 2.45) is 5.92 Å². The number of urea groups is 1. The number of rotatable bonds is 4. The van der Waals surface area contributed by atoms with E-state index in [-0.39, 0.29) is 24.2 Å². The Balaban J connectivity index is 1.56. The molecule has 7 heteroatoms. The first kappa shape index (κ1) is 18.7. The van der Waals surface area contributed by atoms with Gasteiger partial charge < -0.3 is 10.2 Å². The first-order valence-electron chi connectivity index (χ1n) is 8.96. The van der Waals surface area contributed by atoms with Crippen molar-refractivity contribution in [3.63, 3.8) is 0 Å². The van der Waals surface area contributed by atoms with Crippen molar-refractivity contribution >= 4 is 29.4 Å². The minimum Gasteiger partial charge on any atom is -0.342 e. The second-order valence-corrected chi connectivity index (χ2v) is 7.94. The summed E-state index contributed by atoms with van der Waals surface area (Å²) in [5.41, 5.74) is 0.196. The summed E-state index contributed by atoms with van der Waals surface area (Å²) in [4.78, 5) is 37.9. The van der Waals surface area contributed by atoms with Crippen LogP contribution in [0.5, 0.6) is 0 Å². The van der Waals surface area contributed by atoms with Gasteiger partial charge in [0, 0.05) is 24.0 Å². The molecule has 4 amide bonds. The Hall–Kier alpha value is -2.08. The van der Waals surface area contributed by atoms with Gasteiger partial charge >= 0.3 is 6.03 Å². The van der Waals surface area contributed by atoms with E-state index in [2.05, 4.69) is 16.7 Å². The Morgan fingerprint density at radius 3 is 2.62 bits per heavy atom. The smallest absolute Gasteiger partial charge is 0.322 e. The molecule has 0 aliphatic carbocycles. The van der Waals surface area contributed by atoms with Crippen LogP contribution in [0.3, 0.4) is 0 Å². The molecule has 2 saturated heterocycles. The number of amides is 4. The number of piperidine rings is 1. The Morgan fingerprint density at radius 2 is 2.04 bits per heavy atom. The highest BCUT2D eigenvalue weighted by Gasteiger charge is 2.44. The van der Waals surface area contributed by atoms with E-state index in [1.165, 1.54) is 5.56 Å². The van der Waals surface area contributed by atoms with Crippen LogP contribution >= 0.6 is 11.6 Å². The van der Waals surface area contributed by atoms with E-state index >= 15 is 0 Å². The molecule has 2 aliphatic rings. The van der Waals surface area contributed by atoms with Crippen LogP contribution in [0, 0.1) is 5.92 Å². The van der Waals surface area contributed by atoms with Gasteiger partial charge in [-0.1, -0.05) is 30.7 Å². The second kappa shape index (κ2) is 7.27. The maximum absolute atomic E-state index is 12.8. The Bertz CT molecular complexity index is 730. The molecular weight excluding hydrogens is 354 g/mol. The Labute approximate surface area is 158 Å². The summed E-state index contributed by atoms with van der Waals surface area (Å²) in [6.07, 6.45) is 2.08. The molecule has 2 aliphatic heterocycles. The Morgan fingerprint density at radius 1 is 1.35 bits per heavy atom. The topological polar surface area (TPSA) is 78.5 Å².